The molecule has 2 atom stereocenters. The summed E-state index contributed by atoms with van der Waals surface area (Å²) in [6, 6.07) is 0. The zero-order valence-electron chi connectivity index (χ0n) is 5.90. The summed E-state index contributed by atoms with van der Waals surface area (Å²) in [5.41, 5.74) is -1.45. The third-order valence-corrected chi connectivity index (χ3v) is 1.67. The molecule has 11 heavy (non-hydrogen) atoms. The van der Waals surface area contributed by atoms with Crippen molar-refractivity contribution in [1.82, 2.24) is 0 Å². The van der Waals surface area contributed by atoms with Gasteiger partial charge in [0.25, 0.3) is 5.78 Å². The maximum Gasteiger partial charge on any atom is 0.378 e. The average molecular weight is 160 g/mol. The standard InChI is InChI=1S/C6H8O5/c1-6(2-7)4(9)3(8)5(10)11-6/h4,7,9H,2H2,1H3. The summed E-state index contributed by atoms with van der Waals surface area (Å²) in [6.07, 6.45) is -1.54. The van der Waals surface area contributed by atoms with Crippen LogP contribution in [0.15, 0.2) is 0 Å². The van der Waals surface area contributed by atoms with Crippen molar-refractivity contribution in [1.29, 1.82) is 0 Å². The summed E-state index contributed by atoms with van der Waals surface area (Å²) in [4.78, 5) is 21.2. The maximum absolute atomic E-state index is 10.6. The van der Waals surface area contributed by atoms with E-state index < -0.39 is 30.1 Å². The normalized spacial score (nSPS) is 37.5. The molecule has 2 N–H and O–H groups in total. The van der Waals surface area contributed by atoms with Crippen molar-refractivity contribution in [2.24, 2.45) is 0 Å². The van der Waals surface area contributed by atoms with E-state index >= 15 is 0 Å². The van der Waals surface area contributed by atoms with Crippen LogP contribution in [0.4, 0.5) is 0 Å². The number of hydrogen-bond acceptors (Lipinski definition) is 5. The fraction of sp³-hybridized carbons (Fsp3) is 0.667. The number of carbonyl (C=O) groups excluding carboxylic acids is 2. The summed E-state index contributed by atoms with van der Waals surface area (Å²) >= 11 is 0. The summed E-state index contributed by atoms with van der Waals surface area (Å²) < 4.78 is 4.43. The van der Waals surface area contributed by atoms with E-state index in [1.165, 1.54) is 6.92 Å². The van der Waals surface area contributed by atoms with Gasteiger partial charge >= 0.3 is 5.97 Å². The van der Waals surface area contributed by atoms with Gasteiger partial charge in [0, 0.05) is 0 Å². The predicted molar refractivity (Wildman–Crippen MR) is 32.6 cm³/mol. The molecule has 62 valence electrons. The number of Topliss-reactive ketones (excluding diaryl/α,β-unsaturated/α-hetero) is 1. The fourth-order valence-electron chi connectivity index (χ4n) is 0.826. The van der Waals surface area contributed by atoms with E-state index in [-0.39, 0.29) is 0 Å². The number of aliphatic hydroxyl groups is 2. The first kappa shape index (κ1) is 8.16. The SMILES string of the molecule is CC1(CO)OC(=O)C(=O)C1O. The van der Waals surface area contributed by atoms with Crippen LogP contribution in [0.5, 0.6) is 0 Å². The number of ketones is 1. The number of rotatable bonds is 1. The van der Waals surface area contributed by atoms with E-state index in [1.807, 2.05) is 0 Å². The van der Waals surface area contributed by atoms with E-state index in [4.69, 9.17) is 10.2 Å². The lowest BCUT2D eigenvalue weighted by Gasteiger charge is -2.21. The largest absolute Gasteiger partial charge is 0.448 e. The van der Waals surface area contributed by atoms with Gasteiger partial charge in [-0.15, -0.1) is 0 Å². The second-order valence-corrected chi connectivity index (χ2v) is 2.63. The number of ether oxygens (including phenoxy) is 1. The van der Waals surface area contributed by atoms with Gasteiger partial charge < -0.3 is 14.9 Å². The van der Waals surface area contributed by atoms with E-state index in [9.17, 15) is 9.59 Å². The van der Waals surface area contributed by atoms with Gasteiger partial charge in [-0.1, -0.05) is 0 Å². The number of aliphatic hydroxyl groups excluding tert-OH is 2. The van der Waals surface area contributed by atoms with Gasteiger partial charge in [-0.05, 0) is 6.92 Å². The quantitative estimate of drug-likeness (QED) is 0.350. The molecule has 0 radical (unpaired) electrons. The van der Waals surface area contributed by atoms with Gasteiger partial charge in [0.2, 0.25) is 0 Å². The summed E-state index contributed by atoms with van der Waals surface area (Å²) in [7, 11) is 0. The Labute approximate surface area is 62.6 Å². The molecule has 0 aromatic heterocycles. The van der Waals surface area contributed by atoms with Gasteiger partial charge in [-0.25, -0.2) is 4.79 Å². The third kappa shape index (κ3) is 1.02. The molecule has 0 bridgehead atoms. The van der Waals surface area contributed by atoms with Gasteiger partial charge in [0.1, 0.15) is 0 Å². The second kappa shape index (κ2) is 2.28. The van der Waals surface area contributed by atoms with Crippen LogP contribution in [-0.2, 0) is 14.3 Å². The Morgan fingerprint density at radius 1 is 1.64 bits per heavy atom. The highest BCUT2D eigenvalue weighted by Crippen LogP contribution is 2.23. The first-order valence-corrected chi connectivity index (χ1v) is 3.07. The zero-order chi connectivity index (χ0) is 8.65. The van der Waals surface area contributed by atoms with Gasteiger partial charge in [-0.2, -0.15) is 0 Å². The molecular formula is C6H8O5. The van der Waals surface area contributed by atoms with E-state index in [0.29, 0.717) is 0 Å². The number of hydrogen-bond donors (Lipinski definition) is 2. The Hall–Kier alpha value is -0.940. The van der Waals surface area contributed by atoms with Crippen LogP contribution in [0, 0.1) is 0 Å². The first-order chi connectivity index (χ1) is 5.01. The second-order valence-electron chi connectivity index (χ2n) is 2.63. The minimum Gasteiger partial charge on any atom is -0.448 e. The lowest BCUT2D eigenvalue weighted by atomic mass is 10.0. The molecule has 0 amide bonds. The summed E-state index contributed by atoms with van der Waals surface area (Å²) in [5.74, 6) is -2.09. The highest BCUT2D eigenvalue weighted by molar-refractivity contribution is 6.37. The van der Waals surface area contributed by atoms with Gasteiger partial charge in [0.15, 0.2) is 11.7 Å². The minimum atomic E-state index is -1.54. The monoisotopic (exact) mass is 160 g/mol. The van der Waals surface area contributed by atoms with Crippen molar-refractivity contribution in [3.63, 3.8) is 0 Å². The Balaban J connectivity index is 2.90. The predicted octanol–water partition coefficient (Wildman–Crippen LogP) is -1.78. The Bertz CT molecular complexity index is 211. The fourth-order valence-corrected chi connectivity index (χ4v) is 0.826. The molecule has 1 aliphatic heterocycles. The van der Waals surface area contributed by atoms with Crippen LogP contribution in [0.3, 0.4) is 0 Å². The molecule has 1 heterocycles. The summed E-state index contributed by atoms with van der Waals surface area (Å²) in [6.45, 7) is 0.728. The van der Waals surface area contributed by atoms with E-state index in [2.05, 4.69) is 4.74 Å². The van der Waals surface area contributed by atoms with Crippen molar-refractivity contribution in [2.75, 3.05) is 6.61 Å². The van der Waals surface area contributed by atoms with Crippen LogP contribution in [0.2, 0.25) is 0 Å². The van der Waals surface area contributed by atoms with Gasteiger partial charge in [-0.3, -0.25) is 4.79 Å². The molecule has 0 saturated carbocycles. The van der Waals surface area contributed by atoms with Crippen molar-refractivity contribution in [3.05, 3.63) is 0 Å². The van der Waals surface area contributed by atoms with Crippen molar-refractivity contribution >= 4 is 11.8 Å². The molecule has 5 nitrogen and oxygen atoms in total. The average Bonchev–Trinajstić information content (AvgIpc) is 2.17. The molecule has 1 rings (SSSR count). The molecule has 1 saturated heterocycles. The third-order valence-electron chi connectivity index (χ3n) is 1.67. The molecule has 1 fully saturated rings. The van der Waals surface area contributed by atoms with Crippen LogP contribution < -0.4 is 0 Å². The lowest BCUT2D eigenvalue weighted by molar-refractivity contribution is -0.155. The van der Waals surface area contributed by atoms with Crippen molar-refractivity contribution in [2.45, 2.75) is 18.6 Å². The van der Waals surface area contributed by atoms with Crippen LogP contribution in [0.25, 0.3) is 0 Å². The molecule has 2 unspecified atom stereocenters. The number of cyclic esters (lactones) is 1. The highest BCUT2D eigenvalue weighted by atomic mass is 16.6. The zero-order valence-corrected chi connectivity index (χ0v) is 5.90. The van der Waals surface area contributed by atoms with E-state index in [1.54, 1.807) is 0 Å². The molecule has 5 heteroatoms. The van der Waals surface area contributed by atoms with Crippen LogP contribution >= 0.6 is 0 Å². The summed E-state index contributed by atoms with van der Waals surface area (Å²) in [5, 5.41) is 17.7. The van der Waals surface area contributed by atoms with Crippen LogP contribution in [-0.4, -0.2) is 40.3 Å². The number of carbonyl (C=O) groups is 2. The lowest BCUT2D eigenvalue weighted by Crippen LogP contribution is -2.41. The van der Waals surface area contributed by atoms with Crippen molar-refractivity contribution < 1.29 is 24.5 Å². The smallest absolute Gasteiger partial charge is 0.378 e. The Morgan fingerprint density at radius 3 is 2.36 bits per heavy atom. The van der Waals surface area contributed by atoms with Crippen LogP contribution in [0.1, 0.15) is 6.92 Å². The molecular weight excluding hydrogens is 152 g/mol. The minimum absolute atomic E-state index is 0.564. The maximum atomic E-state index is 10.6. The van der Waals surface area contributed by atoms with Gasteiger partial charge in [0.05, 0.1) is 6.61 Å². The topological polar surface area (TPSA) is 83.8 Å². The Kier molecular flexibility index (Phi) is 1.69. The van der Waals surface area contributed by atoms with Crippen molar-refractivity contribution in [3.8, 4) is 0 Å². The highest BCUT2D eigenvalue weighted by Gasteiger charge is 2.51. The number of esters is 1. The Morgan fingerprint density at radius 2 is 2.18 bits per heavy atom. The molecule has 0 aromatic carbocycles. The molecule has 0 aromatic rings. The van der Waals surface area contributed by atoms with E-state index in [0.717, 1.165) is 0 Å². The molecule has 0 aliphatic carbocycles. The molecule has 1 aliphatic rings. The first-order valence-electron chi connectivity index (χ1n) is 3.07. The molecule has 0 spiro atoms.